The molecule has 4 nitrogen and oxygen atoms in total. The first kappa shape index (κ1) is 14.3. The Hall–Kier alpha value is 0.280. The van der Waals surface area contributed by atoms with E-state index in [1.54, 1.807) is 10.8 Å². The molecule has 0 aliphatic rings. The molecule has 14 heavy (non-hydrogen) atoms. The van der Waals surface area contributed by atoms with Crippen LogP contribution in [0.3, 0.4) is 0 Å². The van der Waals surface area contributed by atoms with Gasteiger partial charge < -0.3 is 9.66 Å². The van der Waals surface area contributed by atoms with Crippen molar-refractivity contribution in [2.45, 2.75) is 19.3 Å². The fourth-order valence-electron chi connectivity index (χ4n) is 0.633. The van der Waals surface area contributed by atoms with E-state index in [1.165, 1.54) is 10.8 Å². The molecule has 0 fully saturated rings. The first-order chi connectivity index (χ1) is 6.63. The fourth-order valence-corrected chi connectivity index (χ4v) is 3.21. The first-order valence-electron chi connectivity index (χ1n) is 4.16. The summed E-state index contributed by atoms with van der Waals surface area (Å²) < 4.78 is 18.7. The fraction of sp³-hybridized carbons (Fsp3) is 0.857. The summed E-state index contributed by atoms with van der Waals surface area (Å²) in [6.07, 6.45) is 1.84. The molecule has 0 radical (unpaired) electrons. The van der Waals surface area contributed by atoms with Crippen molar-refractivity contribution in [1.29, 1.82) is 0 Å². The molecular weight excluding hydrogens is 244 g/mol. The van der Waals surface area contributed by atoms with Crippen LogP contribution in [0.1, 0.15) is 19.3 Å². The van der Waals surface area contributed by atoms with Gasteiger partial charge in [0.2, 0.25) is 0 Å². The van der Waals surface area contributed by atoms with Crippen LogP contribution in [0, 0.1) is 0 Å². The third-order valence-corrected chi connectivity index (χ3v) is 4.41. The van der Waals surface area contributed by atoms with Gasteiger partial charge in [0.1, 0.15) is 0 Å². The largest absolute Gasteiger partial charge is 0.481 e. The molecule has 0 aromatic heterocycles. The smallest absolute Gasteiger partial charge is 0.304 e. The average molecular weight is 258 g/mol. The van der Waals surface area contributed by atoms with Gasteiger partial charge in [-0.2, -0.15) is 0 Å². The van der Waals surface area contributed by atoms with Gasteiger partial charge in [0.15, 0.2) is 11.1 Å². The molecule has 2 N–H and O–H groups in total. The zero-order chi connectivity index (χ0) is 10.8. The Kier molecular flexibility index (Phi) is 10.0. The van der Waals surface area contributed by atoms with Crippen LogP contribution in [0.2, 0.25) is 0 Å². The van der Waals surface area contributed by atoms with Crippen molar-refractivity contribution in [3.8, 4) is 0 Å². The molecular formula is C7H14O4S3. The molecule has 0 saturated carbocycles. The molecule has 0 bridgehead atoms. The van der Waals surface area contributed by atoms with Crippen LogP contribution in [0.5, 0.6) is 0 Å². The minimum Gasteiger partial charge on any atom is -0.481 e. The second-order valence-electron chi connectivity index (χ2n) is 2.52. The Morgan fingerprint density at radius 3 is 2.43 bits per heavy atom. The molecule has 0 aromatic rings. The number of unbranched alkanes of at least 4 members (excludes halogenated alkanes) is 1. The van der Waals surface area contributed by atoms with Crippen LogP contribution >= 0.6 is 21.6 Å². The van der Waals surface area contributed by atoms with E-state index in [4.69, 9.17) is 9.66 Å². The van der Waals surface area contributed by atoms with Gasteiger partial charge in [-0.05, 0) is 12.8 Å². The van der Waals surface area contributed by atoms with E-state index in [-0.39, 0.29) is 6.42 Å². The quantitative estimate of drug-likeness (QED) is 0.373. The molecule has 0 saturated heterocycles. The van der Waals surface area contributed by atoms with Gasteiger partial charge in [-0.3, -0.25) is 4.79 Å². The summed E-state index contributed by atoms with van der Waals surface area (Å²) in [7, 11) is 3.16. The Morgan fingerprint density at radius 1 is 1.21 bits per heavy atom. The number of hydrogen-bond acceptors (Lipinski definition) is 4. The lowest BCUT2D eigenvalue weighted by Crippen LogP contribution is -1.96. The minimum atomic E-state index is -1.67. The standard InChI is InChI=1S/C7H14O4S3/c8-7(9)3-5-13-12-4-1-2-6-14(10)11/h1-6H2,(H,8,9)(H,10,11). The summed E-state index contributed by atoms with van der Waals surface area (Å²) >= 11 is -1.67. The second kappa shape index (κ2) is 9.82. The Labute approximate surface area is 93.9 Å². The van der Waals surface area contributed by atoms with Crippen molar-refractivity contribution in [1.82, 2.24) is 0 Å². The van der Waals surface area contributed by atoms with Crippen molar-refractivity contribution in [2.75, 3.05) is 17.3 Å². The molecule has 0 aliphatic heterocycles. The monoisotopic (exact) mass is 258 g/mol. The maximum atomic E-state index is 10.2. The molecule has 0 aromatic carbocycles. The third kappa shape index (κ3) is 12.3. The van der Waals surface area contributed by atoms with Gasteiger partial charge in [0, 0.05) is 17.3 Å². The zero-order valence-electron chi connectivity index (χ0n) is 7.68. The maximum absolute atomic E-state index is 10.2. The molecule has 1 atom stereocenters. The second-order valence-corrected chi connectivity index (χ2v) is 6.27. The van der Waals surface area contributed by atoms with Crippen molar-refractivity contribution < 1.29 is 18.7 Å². The third-order valence-electron chi connectivity index (χ3n) is 1.28. The summed E-state index contributed by atoms with van der Waals surface area (Å²) in [5.41, 5.74) is 0. The van der Waals surface area contributed by atoms with Gasteiger partial charge in [0.05, 0.1) is 6.42 Å². The van der Waals surface area contributed by atoms with Gasteiger partial charge in [0.25, 0.3) is 0 Å². The molecule has 0 spiro atoms. The van der Waals surface area contributed by atoms with Crippen LogP contribution in [0.15, 0.2) is 0 Å². The highest BCUT2D eigenvalue weighted by atomic mass is 33.1. The highest BCUT2D eigenvalue weighted by molar-refractivity contribution is 8.76. The predicted octanol–water partition coefficient (Wildman–Crippen LogP) is 1.84. The summed E-state index contributed by atoms with van der Waals surface area (Å²) in [6.45, 7) is 0. The highest BCUT2D eigenvalue weighted by Crippen LogP contribution is 2.23. The van der Waals surface area contributed by atoms with Crippen LogP contribution in [-0.4, -0.2) is 37.1 Å². The molecule has 1 unspecified atom stereocenters. The van der Waals surface area contributed by atoms with E-state index in [0.717, 1.165) is 18.6 Å². The Balaban J connectivity index is 2.99. The van der Waals surface area contributed by atoms with Crippen molar-refractivity contribution in [2.24, 2.45) is 0 Å². The predicted molar refractivity (Wildman–Crippen MR) is 62.0 cm³/mol. The first-order valence-corrected chi connectivity index (χ1v) is 7.93. The molecule has 7 heteroatoms. The lowest BCUT2D eigenvalue weighted by Gasteiger charge is -1.98. The van der Waals surface area contributed by atoms with E-state index in [1.807, 2.05) is 0 Å². The van der Waals surface area contributed by atoms with Crippen LogP contribution < -0.4 is 0 Å². The summed E-state index contributed by atoms with van der Waals surface area (Å²) in [4.78, 5) is 10.1. The number of carboxylic acid groups (broad SMARTS) is 1. The number of carboxylic acids is 1. The van der Waals surface area contributed by atoms with Crippen LogP contribution in [0.4, 0.5) is 0 Å². The number of rotatable bonds is 9. The van der Waals surface area contributed by atoms with Crippen molar-refractivity contribution in [3.63, 3.8) is 0 Å². The molecule has 0 heterocycles. The van der Waals surface area contributed by atoms with Gasteiger partial charge in [-0.25, -0.2) is 4.21 Å². The highest BCUT2D eigenvalue weighted by Gasteiger charge is 1.98. The molecule has 0 aliphatic carbocycles. The lowest BCUT2D eigenvalue weighted by atomic mass is 10.4. The van der Waals surface area contributed by atoms with Gasteiger partial charge in [-0.15, -0.1) is 0 Å². The maximum Gasteiger partial charge on any atom is 0.304 e. The number of hydrogen-bond donors (Lipinski definition) is 2. The Morgan fingerprint density at radius 2 is 1.86 bits per heavy atom. The summed E-state index contributed by atoms with van der Waals surface area (Å²) in [5.74, 6) is 1.09. The van der Waals surface area contributed by atoms with Crippen LogP contribution in [-0.2, 0) is 15.9 Å². The molecule has 0 amide bonds. The van der Waals surface area contributed by atoms with E-state index in [0.29, 0.717) is 11.5 Å². The minimum absolute atomic E-state index is 0.193. The molecule has 0 rings (SSSR count). The normalized spacial score (nSPS) is 12.6. The lowest BCUT2D eigenvalue weighted by molar-refractivity contribution is -0.136. The van der Waals surface area contributed by atoms with E-state index < -0.39 is 17.0 Å². The number of aliphatic carboxylic acids is 1. The summed E-state index contributed by atoms with van der Waals surface area (Å²) in [5, 5.41) is 8.33. The van der Waals surface area contributed by atoms with E-state index >= 15 is 0 Å². The van der Waals surface area contributed by atoms with E-state index in [9.17, 15) is 9.00 Å². The van der Waals surface area contributed by atoms with E-state index in [2.05, 4.69) is 0 Å². The van der Waals surface area contributed by atoms with Crippen molar-refractivity contribution in [3.05, 3.63) is 0 Å². The van der Waals surface area contributed by atoms with Crippen molar-refractivity contribution >= 4 is 38.6 Å². The topological polar surface area (TPSA) is 74.6 Å². The zero-order valence-corrected chi connectivity index (χ0v) is 10.1. The molecule has 84 valence electrons. The number of carbonyl (C=O) groups is 1. The van der Waals surface area contributed by atoms with Crippen LogP contribution in [0.25, 0.3) is 0 Å². The summed E-state index contributed by atoms with van der Waals surface area (Å²) in [6, 6.07) is 0. The Bertz CT molecular complexity index is 166. The average Bonchev–Trinajstić information content (AvgIpc) is 2.08. The SMILES string of the molecule is O=C(O)CCSSCCCCS(=O)O. The van der Waals surface area contributed by atoms with Gasteiger partial charge >= 0.3 is 5.97 Å². The van der Waals surface area contributed by atoms with Gasteiger partial charge in [-0.1, -0.05) is 21.6 Å².